The molecule has 0 saturated heterocycles. The van der Waals surface area contributed by atoms with Crippen LogP contribution in [0.1, 0.15) is 5.56 Å². The Labute approximate surface area is 126 Å². The molecule has 0 unspecified atom stereocenters. The molecule has 0 aliphatic rings. The number of nitrogen functional groups attached to an aromatic ring is 1. The molecule has 1 aromatic carbocycles. The maximum Gasteiger partial charge on any atom is 0.248 e. The number of ether oxygens (including phenoxy) is 1. The summed E-state index contributed by atoms with van der Waals surface area (Å²) in [5, 5.41) is 0. The van der Waals surface area contributed by atoms with Gasteiger partial charge >= 0.3 is 0 Å². The number of rotatable bonds is 7. The lowest BCUT2D eigenvalue weighted by atomic mass is 10.0. The smallest absolute Gasteiger partial charge is 0.248 e. The molecule has 4 N–H and O–H groups in total. The highest BCUT2D eigenvalue weighted by atomic mass is 16.5. The van der Waals surface area contributed by atoms with Gasteiger partial charge in [0.25, 0.3) is 0 Å². The highest BCUT2D eigenvalue weighted by Crippen LogP contribution is 2.34. The lowest BCUT2D eigenvalue weighted by molar-refractivity contribution is -0.112. The number of benzene rings is 1. The molecule has 0 radical (unpaired) electrons. The van der Waals surface area contributed by atoms with Crippen molar-refractivity contribution >= 4 is 22.9 Å². The van der Waals surface area contributed by atoms with Crippen LogP contribution in [0.15, 0.2) is 18.7 Å². The van der Waals surface area contributed by atoms with Crippen LogP contribution in [0.2, 0.25) is 0 Å². The van der Waals surface area contributed by atoms with Gasteiger partial charge < -0.3 is 26.0 Å². The van der Waals surface area contributed by atoms with Crippen LogP contribution in [0.4, 0.5) is 11.4 Å². The van der Waals surface area contributed by atoms with E-state index in [1.807, 2.05) is 26.0 Å². The number of carbonyl (C=O) groups is 1. The molecule has 1 aromatic rings. The summed E-state index contributed by atoms with van der Waals surface area (Å²) in [4.78, 5) is 15.5. The van der Waals surface area contributed by atoms with Crippen LogP contribution >= 0.6 is 0 Å². The monoisotopic (exact) mass is 292 g/mol. The first-order valence-corrected chi connectivity index (χ1v) is 6.60. The van der Waals surface area contributed by atoms with Gasteiger partial charge in [0.05, 0.1) is 12.8 Å². The highest BCUT2D eigenvalue weighted by molar-refractivity contribution is 6.19. The van der Waals surface area contributed by atoms with E-state index < -0.39 is 5.91 Å². The number of nitrogens with zero attached hydrogens (tertiary/aromatic N) is 2. The van der Waals surface area contributed by atoms with E-state index in [0.717, 1.165) is 18.8 Å². The normalized spacial score (nSPS) is 10.5. The van der Waals surface area contributed by atoms with Gasteiger partial charge in [-0.25, -0.2) is 0 Å². The first-order valence-electron chi connectivity index (χ1n) is 6.60. The lowest BCUT2D eigenvalue weighted by Crippen LogP contribution is -2.29. The number of carbonyl (C=O) groups excluding carboxylic acids is 1. The third kappa shape index (κ3) is 4.13. The summed E-state index contributed by atoms with van der Waals surface area (Å²) in [6.45, 7) is 5.39. The van der Waals surface area contributed by atoms with Crippen LogP contribution in [0, 0.1) is 0 Å². The van der Waals surface area contributed by atoms with Crippen molar-refractivity contribution in [2.24, 2.45) is 5.73 Å². The SMILES string of the molecule is C=C(C(N)=O)c1cc(N)c(OC)cc1N(C)CCN(C)C. The Morgan fingerprint density at radius 1 is 1.29 bits per heavy atom. The molecule has 116 valence electrons. The minimum absolute atomic E-state index is 0.232. The highest BCUT2D eigenvalue weighted by Gasteiger charge is 2.17. The molecule has 0 atom stereocenters. The quantitative estimate of drug-likeness (QED) is 0.573. The molecule has 0 bridgehead atoms. The zero-order valence-electron chi connectivity index (χ0n) is 13.1. The number of nitrogens with two attached hydrogens (primary N) is 2. The Morgan fingerprint density at radius 3 is 2.38 bits per heavy atom. The van der Waals surface area contributed by atoms with Gasteiger partial charge in [0.1, 0.15) is 5.75 Å². The molecular formula is C15H24N4O2. The van der Waals surface area contributed by atoms with Crippen molar-refractivity contribution in [3.63, 3.8) is 0 Å². The summed E-state index contributed by atoms with van der Waals surface area (Å²) in [6, 6.07) is 3.47. The van der Waals surface area contributed by atoms with Gasteiger partial charge in [-0.1, -0.05) is 6.58 Å². The van der Waals surface area contributed by atoms with Crippen molar-refractivity contribution in [2.75, 3.05) is 52.0 Å². The van der Waals surface area contributed by atoms with E-state index in [1.165, 1.54) is 0 Å². The van der Waals surface area contributed by atoms with Crippen molar-refractivity contribution in [1.29, 1.82) is 0 Å². The fourth-order valence-electron chi connectivity index (χ4n) is 1.92. The Hall–Kier alpha value is -2.21. The second kappa shape index (κ2) is 6.99. The number of anilines is 2. The second-order valence-corrected chi connectivity index (χ2v) is 5.18. The fourth-order valence-corrected chi connectivity index (χ4v) is 1.92. The molecule has 0 aliphatic carbocycles. The summed E-state index contributed by atoms with van der Waals surface area (Å²) < 4.78 is 5.25. The number of likely N-dealkylation sites (N-methyl/N-ethyl adjacent to an activating group) is 2. The predicted molar refractivity (Wildman–Crippen MR) is 87.5 cm³/mol. The van der Waals surface area contributed by atoms with Gasteiger partial charge in [-0.15, -0.1) is 0 Å². The maximum absolute atomic E-state index is 11.4. The summed E-state index contributed by atoms with van der Waals surface area (Å²) in [5.74, 6) is -0.00968. The Bertz CT molecular complexity index is 541. The van der Waals surface area contributed by atoms with E-state index in [4.69, 9.17) is 16.2 Å². The molecule has 1 amide bonds. The van der Waals surface area contributed by atoms with Crippen LogP contribution < -0.4 is 21.1 Å². The van der Waals surface area contributed by atoms with Gasteiger partial charge in [-0.2, -0.15) is 0 Å². The molecule has 0 aliphatic heterocycles. The van der Waals surface area contributed by atoms with Crippen molar-refractivity contribution in [3.05, 3.63) is 24.3 Å². The van der Waals surface area contributed by atoms with Crippen molar-refractivity contribution < 1.29 is 9.53 Å². The number of primary amides is 1. The molecule has 1 rings (SSSR count). The molecule has 0 spiro atoms. The van der Waals surface area contributed by atoms with Crippen LogP contribution in [-0.4, -0.2) is 52.1 Å². The van der Waals surface area contributed by atoms with Gasteiger partial charge in [0, 0.05) is 43.0 Å². The lowest BCUT2D eigenvalue weighted by Gasteiger charge is -2.25. The van der Waals surface area contributed by atoms with Crippen molar-refractivity contribution in [3.8, 4) is 5.75 Å². The zero-order valence-corrected chi connectivity index (χ0v) is 13.1. The fraction of sp³-hybridized carbons (Fsp3) is 0.400. The van der Waals surface area contributed by atoms with E-state index in [0.29, 0.717) is 17.0 Å². The topological polar surface area (TPSA) is 84.8 Å². The summed E-state index contributed by atoms with van der Waals surface area (Å²) in [7, 11) is 7.49. The zero-order chi connectivity index (χ0) is 16.2. The molecule has 0 saturated carbocycles. The number of hydrogen-bond acceptors (Lipinski definition) is 5. The van der Waals surface area contributed by atoms with E-state index >= 15 is 0 Å². The third-order valence-electron chi connectivity index (χ3n) is 3.26. The van der Waals surface area contributed by atoms with Crippen LogP contribution in [0.25, 0.3) is 5.57 Å². The molecule has 0 fully saturated rings. The Balaban J connectivity index is 3.25. The van der Waals surface area contributed by atoms with E-state index in [-0.39, 0.29) is 5.57 Å². The Morgan fingerprint density at radius 2 is 1.90 bits per heavy atom. The minimum atomic E-state index is -0.568. The van der Waals surface area contributed by atoms with Crippen LogP contribution in [-0.2, 0) is 4.79 Å². The van der Waals surface area contributed by atoms with Gasteiger partial charge in [0.2, 0.25) is 5.91 Å². The molecule has 0 aromatic heterocycles. The number of methoxy groups -OCH3 is 1. The van der Waals surface area contributed by atoms with Crippen LogP contribution in [0.5, 0.6) is 5.75 Å². The third-order valence-corrected chi connectivity index (χ3v) is 3.26. The molecule has 6 nitrogen and oxygen atoms in total. The summed E-state index contributed by atoms with van der Waals surface area (Å²) in [6.07, 6.45) is 0. The standard InChI is InChI=1S/C15H24N4O2/c1-10(15(17)20)11-8-12(16)14(21-5)9-13(11)19(4)7-6-18(2)3/h8-9H,1,6-7,16H2,2-5H3,(H2,17,20). The largest absolute Gasteiger partial charge is 0.495 e. The van der Waals surface area contributed by atoms with Crippen molar-refractivity contribution in [1.82, 2.24) is 4.90 Å². The first kappa shape index (κ1) is 16.8. The maximum atomic E-state index is 11.4. The Kier molecular flexibility index (Phi) is 5.60. The number of amides is 1. The second-order valence-electron chi connectivity index (χ2n) is 5.18. The molecule has 0 heterocycles. The average molecular weight is 292 g/mol. The number of hydrogen-bond donors (Lipinski definition) is 2. The van der Waals surface area contributed by atoms with E-state index in [9.17, 15) is 4.79 Å². The molecule has 6 heteroatoms. The van der Waals surface area contributed by atoms with Gasteiger partial charge in [-0.05, 0) is 20.2 Å². The van der Waals surface area contributed by atoms with Gasteiger partial charge in [-0.3, -0.25) is 4.79 Å². The molecular weight excluding hydrogens is 268 g/mol. The van der Waals surface area contributed by atoms with E-state index in [1.54, 1.807) is 19.2 Å². The van der Waals surface area contributed by atoms with Gasteiger partial charge in [0.15, 0.2) is 0 Å². The minimum Gasteiger partial charge on any atom is -0.495 e. The first-order chi connectivity index (χ1) is 9.77. The predicted octanol–water partition coefficient (Wildman–Crippen LogP) is 0.774. The van der Waals surface area contributed by atoms with Crippen molar-refractivity contribution in [2.45, 2.75) is 0 Å². The average Bonchev–Trinajstić information content (AvgIpc) is 2.43. The molecule has 21 heavy (non-hydrogen) atoms. The summed E-state index contributed by atoms with van der Waals surface area (Å²) in [5.41, 5.74) is 13.4. The van der Waals surface area contributed by atoms with E-state index in [2.05, 4.69) is 11.5 Å². The van der Waals surface area contributed by atoms with Crippen LogP contribution in [0.3, 0.4) is 0 Å². The summed E-state index contributed by atoms with van der Waals surface area (Å²) >= 11 is 0.